The van der Waals surface area contributed by atoms with E-state index in [1.807, 2.05) is 30.3 Å². The lowest BCUT2D eigenvalue weighted by Gasteiger charge is -2.21. The van der Waals surface area contributed by atoms with Gasteiger partial charge in [0.05, 0.1) is 13.2 Å². The van der Waals surface area contributed by atoms with Crippen molar-refractivity contribution < 1.29 is 4.74 Å². The minimum Gasteiger partial charge on any atom is -0.378 e. The summed E-state index contributed by atoms with van der Waals surface area (Å²) in [5.74, 6) is 6.33. The Bertz CT molecular complexity index is 344. The molecule has 1 fully saturated rings. The maximum atomic E-state index is 5.35. The molecule has 15 heavy (non-hydrogen) atoms. The van der Waals surface area contributed by atoms with Crippen molar-refractivity contribution in [3.05, 3.63) is 35.9 Å². The zero-order chi connectivity index (χ0) is 10.3. The molecule has 0 aromatic heterocycles. The molecule has 1 N–H and O–H groups in total. The summed E-state index contributed by atoms with van der Waals surface area (Å²) in [6.07, 6.45) is 0.856. The predicted molar refractivity (Wildman–Crippen MR) is 60.5 cm³/mol. The van der Waals surface area contributed by atoms with E-state index in [2.05, 4.69) is 17.2 Å². The lowest BCUT2D eigenvalue weighted by atomic mass is 10.2. The molecule has 0 bridgehead atoms. The molecule has 2 rings (SSSR count). The van der Waals surface area contributed by atoms with E-state index in [0.29, 0.717) is 6.04 Å². The summed E-state index contributed by atoms with van der Waals surface area (Å²) < 4.78 is 5.35. The minimum atomic E-state index is 0.398. The van der Waals surface area contributed by atoms with Crippen molar-refractivity contribution in [2.75, 3.05) is 19.8 Å². The van der Waals surface area contributed by atoms with Gasteiger partial charge in [-0.15, -0.1) is 0 Å². The van der Waals surface area contributed by atoms with E-state index in [-0.39, 0.29) is 0 Å². The molecule has 1 atom stereocenters. The SMILES string of the molecule is C(#Cc1ccccc1)C[C@H]1COCCN1. The second-order valence-electron chi connectivity index (χ2n) is 3.60. The highest BCUT2D eigenvalue weighted by Crippen LogP contribution is 1.99. The molecular weight excluding hydrogens is 186 g/mol. The van der Waals surface area contributed by atoms with Gasteiger partial charge in [-0.2, -0.15) is 0 Å². The van der Waals surface area contributed by atoms with E-state index < -0.39 is 0 Å². The maximum absolute atomic E-state index is 5.35. The maximum Gasteiger partial charge on any atom is 0.0629 e. The first-order valence-corrected chi connectivity index (χ1v) is 5.30. The third kappa shape index (κ3) is 3.39. The highest BCUT2D eigenvalue weighted by molar-refractivity contribution is 5.33. The number of rotatable bonds is 1. The fourth-order valence-corrected chi connectivity index (χ4v) is 1.55. The Morgan fingerprint density at radius 2 is 2.20 bits per heavy atom. The van der Waals surface area contributed by atoms with Crippen LogP contribution >= 0.6 is 0 Å². The summed E-state index contributed by atoms with van der Waals surface area (Å²) in [6, 6.07) is 10.5. The molecule has 0 aliphatic carbocycles. The van der Waals surface area contributed by atoms with Gasteiger partial charge < -0.3 is 10.1 Å². The van der Waals surface area contributed by atoms with Gasteiger partial charge in [-0.05, 0) is 12.1 Å². The molecule has 2 nitrogen and oxygen atoms in total. The van der Waals surface area contributed by atoms with E-state index in [9.17, 15) is 0 Å². The zero-order valence-electron chi connectivity index (χ0n) is 8.70. The molecule has 1 saturated heterocycles. The van der Waals surface area contributed by atoms with Gasteiger partial charge in [0.2, 0.25) is 0 Å². The summed E-state index contributed by atoms with van der Waals surface area (Å²) in [6.45, 7) is 2.55. The number of ether oxygens (including phenoxy) is 1. The van der Waals surface area contributed by atoms with Crippen LogP contribution in [0, 0.1) is 11.8 Å². The molecule has 1 aromatic carbocycles. The van der Waals surface area contributed by atoms with Gasteiger partial charge in [-0.3, -0.25) is 0 Å². The van der Waals surface area contributed by atoms with Gasteiger partial charge >= 0.3 is 0 Å². The molecule has 0 saturated carbocycles. The molecule has 0 unspecified atom stereocenters. The monoisotopic (exact) mass is 201 g/mol. The van der Waals surface area contributed by atoms with Crippen molar-refractivity contribution in [1.82, 2.24) is 5.32 Å². The Balaban J connectivity index is 1.84. The average Bonchev–Trinajstić information content (AvgIpc) is 2.32. The first-order chi connectivity index (χ1) is 7.45. The second-order valence-corrected chi connectivity index (χ2v) is 3.60. The highest BCUT2D eigenvalue weighted by atomic mass is 16.5. The fraction of sp³-hybridized carbons (Fsp3) is 0.385. The molecule has 1 aromatic rings. The third-order valence-electron chi connectivity index (χ3n) is 2.35. The topological polar surface area (TPSA) is 21.3 Å². The number of hydrogen-bond acceptors (Lipinski definition) is 2. The highest BCUT2D eigenvalue weighted by Gasteiger charge is 2.10. The largest absolute Gasteiger partial charge is 0.378 e. The van der Waals surface area contributed by atoms with Crippen molar-refractivity contribution >= 4 is 0 Å². The summed E-state index contributed by atoms with van der Waals surface area (Å²) in [7, 11) is 0. The molecule has 0 radical (unpaired) electrons. The molecule has 78 valence electrons. The van der Waals surface area contributed by atoms with Crippen LogP contribution in [0.25, 0.3) is 0 Å². The molecule has 0 amide bonds. The van der Waals surface area contributed by atoms with Crippen molar-refractivity contribution in [1.29, 1.82) is 0 Å². The number of hydrogen-bond donors (Lipinski definition) is 1. The third-order valence-corrected chi connectivity index (χ3v) is 2.35. The van der Waals surface area contributed by atoms with Crippen LogP contribution in [0.3, 0.4) is 0 Å². The van der Waals surface area contributed by atoms with Crippen LogP contribution in [0.5, 0.6) is 0 Å². The Hall–Kier alpha value is -1.30. The summed E-state index contributed by atoms with van der Waals surface area (Å²) >= 11 is 0. The van der Waals surface area contributed by atoms with E-state index in [1.165, 1.54) is 0 Å². The number of nitrogens with one attached hydrogen (secondary N) is 1. The van der Waals surface area contributed by atoms with Crippen LogP contribution in [-0.2, 0) is 4.74 Å². The van der Waals surface area contributed by atoms with E-state index in [4.69, 9.17) is 4.74 Å². The van der Waals surface area contributed by atoms with Crippen molar-refractivity contribution in [2.45, 2.75) is 12.5 Å². The van der Waals surface area contributed by atoms with Crippen molar-refractivity contribution in [3.63, 3.8) is 0 Å². The summed E-state index contributed by atoms with van der Waals surface area (Å²) in [4.78, 5) is 0. The van der Waals surface area contributed by atoms with Crippen LogP contribution in [0.2, 0.25) is 0 Å². The molecular formula is C13H15NO. The van der Waals surface area contributed by atoms with Crippen LogP contribution in [-0.4, -0.2) is 25.8 Å². The molecule has 1 aliphatic heterocycles. The molecule has 2 heteroatoms. The standard InChI is InChI=1S/C13H15NO/c1-2-5-12(6-3-1)7-4-8-13-11-15-10-9-14-13/h1-3,5-6,13-14H,8-11H2/t13-/m0/s1. The molecule has 1 heterocycles. The van der Waals surface area contributed by atoms with E-state index in [1.54, 1.807) is 0 Å². The summed E-state index contributed by atoms with van der Waals surface area (Å²) in [5, 5.41) is 3.38. The van der Waals surface area contributed by atoms with Crippen molar-refractivity contribution in [2.24, 2.45) is 0 Å². The minimum absolute atomic E-state index is 0.398. The van der Waals surface area contributed by atoms with Crippen LogP contribution < -0.4 is 5.32 Å². The van der Waals surface area contributed by atoms with Crippen LogP contribution in [0.15, 0.2) is 30.3 Å². The zero-order valence-corrected chi connectivity index (χ0v) is 8.70. The van der Waals surface area contributed by atoms with Gasteiger partial charge in [-0.1, -0.05) is 30.0 Å². The number of morpholine rings is 1. The van der Waals surface area contributed by atoms with Crippen LogP contribution in [0.4, 0.5) is 0 Å². The van der Waals surface area contributed by atoms with Gasteiger partial charge in [0, 0.05) is 24.6 Å². The Morgan fingerprint density at radius 3 is 2.93 bits per heavy atom. The summed E-state index contributed by atoms with van der Waals surface area (Å²) in [5.41, 5.74) is 1.08. The fourth-order valence-electron chi connectivity index (χ4n) is 1.55. The predicted octanol–water partition coefficient (Wildman–Crippen LogP) is 1.42. The lowest BCUT2D eigenvalue weighted by Crippen LogP contribution is -2.40. The van der Waals surface area contributed by atoms with Gasteiger partial charge in [0.15, 0.2) is 0 Å². The molecule has 1 aliphatic rings. The normalized spacial score (nSPS) is 20.4. The first-order valence-electron chi connectivity index (χ1n) is 5.30. The average molecular weight is 201 g/mol. The van der Waals surface area contributed by atoms with Gasteiger partial charge in [0.25, 0.3) is 0 Å². The Kier molecular flexibility index (Phi) is 3.78. The van der Waals surface area contributed by atoms with E-state index >= 15 is 0 Å². The lowest BCUT2D eigenvalue weighted by molar-refractivity contribution is 0.0784. The van der Waals surface area contributed by atoms with Gasteiger partial charge in [-0.25, -0.2) is 0 Å². The van der Waals surface area contributed by atoms with Crippen LogP contribution in [0.1, 0.15) is 12.0 Å². The molecule has 0 spiro atoms. The van der Waals surface area contributed by atoms with E-state index in [0.717, 1.165) is 31.7 Å². The Labute approximate surface area is 90.6 Å². The Morgan fingerprint density at radius 1 is 1.33 bits per heavy atom. The smallest absolute Gasteiger partial charge is 0.0629 e. The second kappa shape index (κ2) is 5.55. The van der Waals surface area contributed by atoms with Gasteiger partial charge in [0.1, 0.15) is 0 Å². The quantitative estimate of drug-likeness (QED) is 0.694. The number of benzene rings is 1. The first kappa shape index (κ1) is 10.2. The van der Waals surface area contributed by atoms with Crippen molar-refractivity contribution in [3.8, 4) is 11.8 Å².